The zero-order valence-electron chi connectivity index (χ0n) is 11.5. The quantitative estimate of drug-likeness (QED) is 0.836. The molecule has 1 heterocycles. The maximum atomic E-state index is 10.5. The van der Waals surface area contributed by atoms with Crippen LogP contribution >= 0.6 is 0 Å². The minimum absolute atomic E-state index is 0.141. The Hall–Kier alpha value is -0.610. The van der Waals surface area contributed by atoms with E-state index in [0.29, 0.717) is 11.5 Å². The zero-order chi connectivity index (χ0) is 13.2. The Kier molecular flexibility index (Phi) is 4.28. The number of carbonyl (C=O) groups is 1. The molecule has 18 heavy (non-hydrogen) atoms. The normalized spacial score (nSPS) is 29.6. The molecular weight excluding hydrogens is 230 g/mol. The highest BCUT2D eigenvalue weighted by molar-refractivity contribution is 5.68. The van der Waals surface area contributed by atoms with Gasteiger partial charge in [-0.2, -0.15) is 0 Å². The van der Waals surface area contributed by atoms with Gasteiger partial charge in [-0.25, -0.2) is 4.79 Å². The van der Waals surface area contributed by atoms with Gasteiger partial charge < -0.3 is 9.84 Å². The van der Waals surface area contributed by atoms with Crippen LogP contribution in [-0.4, -0.2) is 47.8 Å². The van der Waals surface area contributed by atoms with E-state index in [1.807, 2.05) is 0 Å². The van der Waals surface area contributed by atoms with E-state index in [9.17, 15) is 4.79 Å². The van der Waals surface area contributed by atoms with Crippen molar-refractivity contribution in [3.05, 3.63) is 0 Å². The number of ether oxygens (including phenoxy) is 1. The van der Waals surface area contributed by atoms with Crippen LogP contribution in [0.5, 0.6) is 0 Å². The van der Waals surface area contributed by atoms with Crippen LogP contribution in [0.15, 0.2) is 0 Å². The van der Waals surface area contributed by atoms with Crippen LogP contribution < -0.4 is 0 Å². The molecule has 0 aromatic carbocycles. The number of hydrogen-bond acceptors (Lipinski definition) is 3. The van der Waals surface area contributed by atoms with Crippen LogP contribution in [-0.2, 0) is 9.53 Å². The highest BCUT2D eigenvalue weighted by Crippen LogP contribution is 2.41. The Bertz CT molecular complexity index is 295. The summed E-state index contributed by atoms with van der Waals surface area (Å²) in [5.74, 6) is -0.866. The Morgan fingerprint density at radius 1 is 1.33 bits per heavy atom. The third kappa shape index (κ3) is 3.23. The molecule has 1 saturated carbocycles. The van der Waals surface area contributed by atoms with Gasteiger partial charge in [0.25, 0.3) is 0 Å². The Labute approximate surface area is 109 Å². The molecule has 104 valence electrons. The van der Waals surface area contributed by atoms with Crippen molar-refractivity contribution in [3.63, 3.8) is 0 Å². The zero-order valence-corrected chi connectivity index (χ0v) is 11.5. The molecule has 0 aromatic rings. The van der Waals surface area contributed by atoms with E-state index in [-0.39, 0.29) is 12.7 Å². The molecule has 1 aliphatic carbocycles. The summed E-state index contributed by atoms with van der Waals surface area (Å²) >= 11 is 0. The first-order valence-corrected chi connectivity index (χ1v) is 7.06. The van der Waals surface area contributed by atoms with Crippen molar-refractivity contribution in [1.82, 2.24) is 4.90 Å². The van der Waals surface area contributed by atoms with Gasteiger partial charge in [0.15, 0.2) is 0 Å². The van der Waals surface area contributed by atoms with E-state index >= 15 is 0 Å². The molecule has 0 aromatic heterocycles. The summed E-state index contributed by atoms with van der Waals surface area (Å²) in [4.78, 5) is 13.1. The van der Waals surface area contributed by atoms with Crippen LogP contribution in [0.4, 0.5) is 0 Å². The van der Waals surface area contributed by atoms with Crippen LogP contribution in [0.3, 0.4) is 0 Å². The number of carboxylic acid groups (broad SMARTS) is 1. The van der Waals surface area contributed by atoms with Crippen molar-refractivity contribution in [3.8, 4) is 0 Å². The number of hydrogen-bond donors (Lipinski definition) is 1. The van der Waals surface area contributed by atoms with Crippen molar-refractivity contribution in [2.75, 3.05) is 19.7 Å². The number of carboxylic acids is 1. The predicted octanol–water partition coefficient (Wildman–Crippen LogP) is 2.13. The first-order valence-electron chi connectivity index (χ1n) is 7.06. The molecule has 0 amide bonds. The van der Waals surface area contributed by atoms with Crippen LogP contribution in [0.2, 0.25) is 0 Å². The molecule has 0 radical (unpaired) electrons. The number of likely N-dealkylation sites (tertiary alicyclic amines) is 1. The van der Waals surface area contributed by atoms with Crippen molar-refractivity contribution in [2.45, 2.75) is 58.1 Å². The summed E-state index contributed by atoms with van der Waals surface area (Å²) in [6.07, 6.45) is 6.06. The summed E-state index contributed by atoms with van der Waals surface area (Å²) in [6.45, 7) is 6.70. The van der Waals surface area contributed by atoms with Gasteiger partial charge in [0.1, 0.15) is 6.61 Å². The maximum absolute atomic E-state index is 10.5. The average Bonchev–Trinajstić information content (AvgIpc) is 2.67. The van der Waals surface area contributed by atoms with E-state index in [2.05, 4.69) is 18.7 Å². The van der Waals surface area contributed by atoms with Crippen LogP contribution in [0, 0.1) is 5.41 Å². The summed E-state index contributed by atoms with van der Waals surface area (Å²) in [5.41, 5.74) is 0.439. The molecule has 2 fully saturated rings. The third-order valence-electron chi connectivity index (χ3n) is 4.56. The minimum atomic E-state index is -0.866. The average molecular weight is 255 g/mol. The van der Waals surface area contributed by atoms with Crippen LogP contribution in [0.1, 0.15) is 46.0 Å². The van der Waals surface area contributed by atoms with Gasteiger partial charge >= 0.3 is 5.97 Å². The van der Waals surface area contributed by atoms with Crippen molar-refractivity contribution < 1.29 is 14.6 Å². The topological polar surface area (TPSA) is 49.8 Å². The SMILES string of the molecule is CC1(C)CCCC1N1CCC(OCC(=O)O)CC1. The molecule has 1 atom stereocenters. The molecule has 1 saturated heterocycles. The molecule has 1 N–H and O–H groups in total. The molecule has 2 rings (SSSR count). The molecule has 4 nitrogen and oxygen atoms in total. The molecular formula is C14H25NO3. The lowest BCUT2D eigenvalue weighted by Crippen LogP contribution is -2.47. The molecule has 4 heteroatoms. The summed E-state index contributed by atoms with van der Waals surface area (Å²) < 4.78 is 5.38. The smallest absolute Gasteiger partial charge is 0.329 e. The van der Waals surface area contributed by atoms with E-state index in [1.165, 1.54) is 19.3 Å². The van der Waals surface area contributed by atoms with Gasteiger partial charge in [0.05, 0.1) is 6.10 Å². The van der Waals surface area contributed by atoms with Gasteiger partial charge in [-0.3, -0.25) is 4.90 Å². The lowest BCUT2D eigenvalue weighted by atomic mass is 9.85. The number of rotatable bonds is 4. The summed E-state index contributed by atoms with van der Waals surface area (Å²) in [6, 6.07) is 0.706. The number of nitrogens with zero attached hydrogens (tertiary/aromatic N) is 1. The van der Waals surface area contributed by atoms with Gasteiger partial charge in [-0.15, -0.1) is 0 Å². The minimum Gasteiger partial charge on any atom is -0.480 e. The molecule has 1 aliphatic heterocycles. The fourth-order valence-electron chi connectivity index (χ4n) is 3.53. The van der Waals surface area contributed by atoms with Gasteiger partial charge in [-0.05, 0) is 31.1 Å². The lowest BCUT2D eigenvalue weighted by molar-refractivity contribution is -0.145. The van der Waals surface area contributed by atoms with E-state index < -0.39 is 5.97 Å². The van der Waals surface area contributed by atoms with Gasteiger partial charge in [0.2, 0.25) is 0 Å². The molecule has 1 unspecified atom stereocenters. The highest BCUT2D eigenvalue weighted by atomic mass is 16.5. The second kappa shape index (κ2) is 5.57. The fraction of sp³-hybridized carbons (Fsp3) is 0.929. The van der Waals surface area contributed by atoms with Gasteiger partial charge in [0, 0.05) is 19.1 Å². The summed E-state index contributed by atoms with van der Waals surface area (Å²) in [7, 11) is 0. The van der Waals surface area contributed by atoms with E-state index in [4.69, 9.17) is 9.84 Å². The molecule has 2 aliphatic rings. The number of piperidine rings is 1. The van der Waals surface area contributed by atoms with E-state index in [1.54, 1.807) is 0 Å². The lowest BCUT2D eigenvalue weighted by Gasteiger charge is -2.41. The van der Waals surface area contributed by atoms with Crippen molar-refractivity contribution in [2.24, 2.45) is 5.41 Å². The second-order valence-corrected chi connectivity index (χ2v) is 6.34. The number of aliphatic carboxylic acids is 1. The van der Waals surface area contributed by atoms with Crippen LogP contribution in [0.25, 0.3) is 0 Å². The van der Waals surface area contributed by atoms with Crippen molar-refractivity contribution in [1.29, 1.82) is 0 Å². The van der Waals surface area contributed by atoms with E-state index in [0.717, 1.165) is 25.9 Å². The fourth-order valence-corrected chi connectivity index (χ4v) is 3.53. The van der Waals surface area contributed by atoms with Crippen molar-refractivity contribution >= 4 is 5.97 Å². The standard InChI is InChI=1S/C14H25NO3/c1-14(2)7-3-4-12(14)15-8-5-11(6-9-15)18-10-13(16)17/h11-12H,3-10H2,1-2H3,(H,16,17). The Morgan fingerprint density at radius 2 is 2.00 bits per heavy atom. The Balaban J connectivity index is 1.78. The highest BCUT2D eigenvalue weighted by Gasteiger charge is 2.39. The predicted molar refractivity (Wildman–Crippen MR) is 69.6 cm³/mol. The van der Waals surface area contributed by atoms with Gasteiger partial charge in [-0.1, -0.05) is 20.3 Å². The maximum Gasteiger partial charge on any atom is 0.329 e. The Morgan fingerprint density at radius 3 is 2.50 bits per heavy atom. The molecule has 0 bridgehead atoms. The molecule has 0 spiro atoms. The first kappa shape index (κ1) is 13.8. The second-order valence-electron chi connectivity index (χ2n) is 6.34. The summed E-state index contributed by atoms with van der Waals surface area (Å²) in [5, 5.41) is 8.60. The largest absolute Gasteiger partial charge is 0.480 e. The third-order valence-corrected chi connectivity index (χ3v) is 4.56. The first-order chi connectivity index (χ1) is 8.49. The monoisotopic (exact) mass is 255 g/mol.